The molecule has 0 bridgehead atoms. The predicted molar refractivity (Wildman–Crippen MR) is 151 cm³/mol. The maximum absolute atomic E-state index is 2.46. The number of anilines is 1. The molecule has 3 rings (SSSR count). The van der Waals surface area contributed by atoms with Gasteiger partial charge in [-0.05, 0) is 92.8 Å². The van der Waals surface area contributed by atoms with E-state index in [9.17, 15) is 0 Å². The van der Waals surface area contributed by atoms with Crippen molar-refractivity contribution < 1.29 is 0 Å². The summed E-state index contributed by atoms with van der Waals surface area (Å²) < 4.78 is 0. The molecular formula is C33H47N. The van der Waals surface area contributed by atoms with Crippen LogP contribution in [0.5, 0.6) is 0 Å². The maximum atomic E-state index is 2.46. The van der Waals surface area contributed by atoms with Crippen LogP contribution in [-0.2, 0) is 25.7 Å². The van der Waals surface area contributed by atoms with E-state index in [0.717, 1.165) is 0 Å². The van der Waals surface area contributed by atoms with Gasteiger partial charge in [0.15, 0.2) is 0 Å². The molecule has 0 amide bonds. The fourth-order valence-corrected chi connectivity index (χ4v) is 4.91. The van der Waals surface area contributed by atoms with Crippen LogP contribution in [0.2, 0.25) is 0 Å². The number of benzene rings is 2. The van der Waals surface area contributed by atoms with Crippen LogP contribution >= 0.6 is 0 Å². The van der Waals surface area contributed by atoms with Crippen molar-refractivity contribution in [2.24, 2.45) is 0 Å². The minimum Gasteiger partial charge on any atom is -0.348 e. The molecule has 1 aliphatic carbocycles. The molecule has 184 valence electrons. The number of nitrogens with zero attached hydrogens (tertiary/aromatic N) is 1. The van der Waals surface area contributed by atoms with Gasteiger partial charge in [-0.25, -0.2) is 0 Å². The smallest absolute Gasteiger partial charge is 0.0405 e. The lowest BCUT2D eigenvalue weighted by atomic mass is 9.86. The van der Waals surface area contributed by atoms with Gasteiger partial charge in [0.05, 0.1) is 0 Å². The highest BCUT2D eigenvalue weighted by Gasteiger charge is 2.12. The van der Waals surface area contributed by atoms with Crippen molar-refractivity contribution in [2.75, 3.05) is 11.9 Å². The lowest BCUT2D eigenvalue weighted by Gasteiger charge is -2.20. The second kappa shape index (κ2) is 14.9. The van der Waals surface area contributed by atoms with Gasteiger partial charge in [0, 0.05) is 18.4 Å². The van der Waals surface area contributed by atoms with Gasteiger partial charge in [0.25, 0.3) is 0 Å². The highest BCUT2D eigenvalue weighted by molar-refractivity contribution is 5.52. The average Bonchev–Trinajstić information content (AvgIpc) is 2.84. The van der Waals surface area contributed by atoms with E-state index < -0.39 is 0 Å². The molecule has 0 heterocycles. The molecule has 0 N–H and O–H groups in total. The molecule has 0 saturated heterocycles. The van der Waals surface area contributed by atoms with Crippen molar-refractivity contribution in [2.45, 2.75) is 104 Å². The van der Waals surface area contributed by atoms with Gasteiger partial charge < -0.3 is 4.90 Å². The molecule has 1 heteroatoms. The number of rotatable bonds is 16. The molecule has 1 aliphatic rings. The highest BCUT2D eigenvalue weighted by atomic mass is 15.1. The van der Waals surface area contributed by atoms with Crippen LogP contribution < -0.4 is 4.90 Å². The van der Waals surface area contributed by atoms with Crippen molar-refractivity contribution in [3.8, 4) is 0 Å². The fraction of sp³-hybridized carbons (Fsp3) is 0.515. The van der Waals surface area contributed by atoms with E-state index in [0.29, 0.717) is 0 Å². The molecule has 0 unspecified atom stereocenters. The first-order valence-electron chi connectivity index (χ1n) is 13.9. The topological polar surface area (TPSA) is 3.24 Å². The summed E-state index contributed by atoms with van der Waals surface area (Å²) in [6.07, 6.45) is 25.4. The number of hydrogen-bond donors (Lipinski definition) is 0. The molecule has 0 fully saturated rings. The summed E-state index contributed by atoms with van der Waals surface area (Å²) >= 11 is 0. The highest BCUT2D eigenvalue weighted by Crippen LogP contribution is 2.24. The summed E-state index contributed by atoms with van der Waals surface area (Å²) in [4.78, 5) is 2.25. The molecule has 0 aromatic heterocycles. The number of hydrogen-bond acceptors (Lipinski definition) is 1. The zero-order chi connectivity index (χ0) is 24.0. The van der Waals surface area contributed by atoms with Crippen LogP contribution in [-0.4, -0.2) is 7.05 Å². The number of unbranched alkanes of at least 4 members (excludes halogenated alkanes) is 9. The first-order valence-corrected chi connectivity index (χ1v) is 13.9. The molecule has 0 saturated carbocycles. The van der Waals surface area contributed by atoms with Crippen molar-refractivity contribution in [1.29, 1.82) is 0 Å². The fourth-order valence-electron chi connectivity index (χ4n) is 4.91. The SMILES string of the molecule is C/C=C/C=C(\C)N(C)c1ccc(CCCCCCCCCCCCc2ccc3c(c2)CC3)cc1. The molecule has 34 heavy (non-hydrogen) atoms. The molecule has 0 atom stereocenters. The normalized spacial score (nSPS) is 13.2. The Bertz CT molecular complexity index is 903. The third kappa shape index (κ3) is 8.82. The minimum absolute atomic E-state index is 1.21. The Labute approximate surface area is 210 Å². The Morgan fingerprint density at radius 3 is 1.76 bits per heavy atom. The summed E-state index contributed by atoms with van der Waals surface area (Å²) in [6, 6.07) is 16.3. The van der Waals surface area contributed by atoms with E-state index >= 15 is 0 Å². The van der Waals surface area contributed by atoms with E-state index in [-0.39, 0.29) is 0 Å². The van der Waals surface area contributed by atoms with Gasteiger partial charge in [-0.2, -0.15) is 0 Å². The van der Waals surface area contributed by atoms with E-state index in [1.807, 2.05) is 0 Å². The van der Waals surface area contributed by atoms with Gasteiger partial charge in [0.2, 0.25) is 0 Å². The average molecular weight is 458 g/mol. The van der Waals surface area contributed by atoms with Gasteiger partial charge in [-0.15, -0.1) is 0 Å². The third-order valence-electron chi connectivity index (χ3n) is 7.50. The zero-order valence-electron chi connectivity index (χ0n) is 22.1. The summed E-state index contributed by atoms with van der Waals surface area (Å²) in [5.74, 6) is 0. The van der Waals surface area contributed by atoms with Gasteiger partial charge in [-0.3, -0.25) is 0 Å². The van der Waals surface area contributed by atoms with Gasteiger partial charge in [-0.1, -0.05) is 93.9 Å². The van der Waals surface area contributed by atoms with E-state index in [1.165, 1.54) is 107 Å². The first-order chi connectivity index (χ1) is 16.7. The quantitative estimate of drug-likeness (QED) is 0.179. The Hall–Kier alpha value is -2.28. The van der Waals surface area contributed by atoms with Crippen LogP contribution in [0, 0.1) is 0 Å². The van der Waals surface area contributed by atoms with Crippen molar-refractivity contribution in [1.82, 2.24) is 0 Å². The largest absolute Gasteiger partial charge is 0.348 e. The standard InChI is InChI=1S/C33H47N/c1-4-5-16-28(2)34(3)33-25-20-29(21-26-33)17-14-12-10-8-6-7-9-11-13-15-18-30-19-22-31-23-24-32(31)27-30/h4-5,16,19-22,25-27H,6-15,17-18,23-24H2,1-3H3/b5-4+,28-16+. The second-order valence-electron chi connectivity index (χ2n) is 10.2. The monoisotopic (exact) mass is 457 g/mol. The zero-order valence-corrected chi connectivity index (χ0v) is 22.1. The lowest BCUT2D eigenvalue weighted by molar-refractivity contribution is 0.551. The second-order valence-corrected chi connectivity index (χ2v) is 10.2. The maximum Gasteiger partial charge on any atom is 0.0405 e. The van der Waals surface area contributed by atoms with Crippen molar-refractivity contribution >= 4 is 5.69 Å². The summed E-state index contributed by atoms with van der Waals surface area (Å²) in [5, 5.41) is 0. The van der Waals surface area contributed by atoms with Crippen LogP contribution in [0.3, 0.4) is 0 Å². The molecule has 2 aromatic carbocycles. The van der Waals surface area contributed by atoms with Crippen molar-refractivity contribution in [3.05, 3.63) is 88.6 Å². The minimum atomic E-state index is 1.21. The third-order valence-corrected chi connectivity index (χ3v) is 7.50. The molecule has 0 spiro atoms. The van der Waals surface area contributed by atoms with Gasteiger partial charge in [0.1, 0.15) is 0 Å². The lowest BCUT2D eigenvalue weighted by Crippen LogP contribution is -2.13. The van der Waals surface area contributed by atoms with Crippen LogP contribution in [0.15, 0.2) is 66.4 Å². The number of fused-ring (bicyclic) bond motifs is 1. The Morgan fingerprint density at radius 1 is 0.706 bits per heavy atom. The van der Waals surface area contributed by atoms with Crippen LogP contribution in [0.1, 0.15) is 100 Å². The molecule has 0 aliphatic heterocycles. The van der Waals surface area contributed by atoms with E-state index in [2.05, 4.69) is 86.5 Å². The summed E-state index contributed by atoms with van der Waals surface area (Å²) in [7, 11) is 2.14. The molecular weight excluding hydrogens is 410 g/mol. The Morgan fingerprint density at radius 2 is 1.24 bits per heavy atom. The van der Waals surface area contributed by atoms with Crippen LogP contribution in [0.25, 0.3) is 0 Å². The molecule has 2 aromatic rings. The van der Waals surface area contributed by atoms with Gasteiger partial charge >= 0.3 is 0 Å². The first kappa shape index (κ1) is 26.3. The molecule has 0 radical (unpaired) electrons. The van der Waals surface area contributed by atoms with E-state index in [1.54, 1.807) is 16.7 Å². The van der Waals surface area contributed by atoms with E-state index in [4.69, 9.17) is 0 Å². The Balaban J connectivity index is 1.15. The van der Waals surface area contributed by atoms with Crippen molar-refractivity contribution in [3.63, 3.8) is 0 Å². The Kier molecular flexibility index (Phi) is 11.5. The number of allylic oxidation sites excluding steroid dienone is 4. The number of aryl methyl sites for hydroxylation is 4. The predicted octanol–water partition coefficient (Wildman–Crippen LogP) is 9.39. The molecule has 1 nitrogen and oxygen atoms in total. The summed E-state index contributed by atoms with van der Waals surface area (Å²) in [6.45, 7) is 4.21. The summed E-state index contributed by atoms with van der Waals surface area (Å²) in [5.41, 5.74) is 8.75. The van der Waals surface area contributed by atoms with Crippen LogP contribution in [0.4, 0.5) is 5.69 Å².